The van der Waals surface area contributed by atoms with Crippen molar-refractivity contribution in [2.24, 2.45) is 5.73 Å². The molecular weight excluding hydrogens is 368 g/mol. The maximum Gasteiger partial charge on any atom is 0.409 e. The second kappa shape index (κ2) is 10.8. The Hall–Kier alpha value is -2.57. The van der Waals surface area contributed by atoms with E-state index in [-0.39, 0.29) is 0 Å². The van der Waals surface area contributed by atoms with Gasteiger partial charge in [0.2, 0.25) is 0 Å². The fourth-order valence-corrected chi connectivity index (χ4v) is 3.30. The van der Waals surface area contributed by atoms with E-state index in [2.05, 4.69) is 24.5 Å². The number of allylic oxidation sites excluding steroid dienone is 3. The van der Waals surface area contributed by atoms with Crippen molar-refractivity contribution in [1.29, 1.82) is 0 Å². The molecule has 0 aromatic heterocycles. The highest BCUT2D eigenvalue weighted by atomic mass is 16.5. The molecule has 6 nitrogen and oxygen atoms in total. The summed E-state index contributed by atoms with van der Waals surface area (Å²) in [6.45, 7) is 10.9. The first-order valence-corrected chi connectivity index (χ1v) is 10.0. The summed E-state index contributed by atoms with van der Waals surface area (Å²) >= 11 is 0. The molecule has 1 heterocycles. The molecule has 1 saturated heterocycles. The largest absolute Gasteiger partial charge is 0.492 e. The van der Waals surface area contributed by atoms with E-state index in [0.717, 1.165) is 37.2 Å². The Bertz CT molecular complexity index is 745. The van der Waals surface area contributed by atoms with Gasteiger partial charge in [0.15, 0.2) is 0 Å². The number of aliphatic hydroxyl groups is 1. The SMILES string of the molecule is C=C(C)/C=C(\C=C/CC)C1(O)CCN(CCOc2ccc(OC(N)=O)cc2)CC1. The minimum Gasteiger partial charge on any atom is -0.492 e. The van der Waals surface area contributed by atoms with Gasteiger partial charge < -0.3 is 20.3 Å². The van der Waals surface area contributed by atoms with Gasteiger partial charge >= 0.3 is 6.09 Å². The first-order valence-electron chi connectivity index (χ1n) is 10.0. The van der Waals surface area contributed by atoms with Crippen LogP contribution in [0.3, 0.4) is 0 Å². The van der Waals surface area contributed by atoms with Crippen molar-refractivity contribution in [3.05, 3.63) is 60.2 Å². The van der Waals surface area contributed by atoms with Crippen molar-refractivity contribution < 1.29 is 19.4 Å². The molecule has 0 bridgehead atoms. The van der Waals surface area contributed by atoms with Gasteiger partial charge in [-0.15, -0.1) is 0 Å². The van der Waals surface area contributed by atoms with Crippen molar-refractivity contribution in [2.45, 2.75) is 38.7 Å². The van der Waals surface area contributed by atoms with E-state index < -0.39 is 11.7 Å². The smallest absolute Gasteiger partial charge is 0.409 e. The third kappa shape index (κ3) is 7.40. The predicted molar refractivity (Wildman–Crippen MR) is 115 cm³/mol. The number of nitrogens with two attached hydrogens (primary N) is 1. The highest BCUT2D eigenvalue weighted by molar-refractivity contribution is 5.68. The fourth-order valence-electron chi connectivity index (χ4n) is 3.30. The highest BCUT2D eigenvalue weighted by Crippen LogP contribution is 2.31. The molecular formula is C23H32N2O4. The van der Waals surface area contributed by atoms with Crippen molar-refractivity contribution >= 4 is 6.09 Å². The Kier molecular flexibility index (Phi) is 8.49. The number of primary amides is 1. The Balaban J connectivity index is 1.82. The molecule has 1 aromatic rings. The van der Waals surface area contributed by atoms with Gasteiger partial charge in [-0.2, -0.15) is 0 Å². The standard InChI is InChI=1S/C23H32N2O4/c1-4-5-6-19(17-18(2)3)23(27)11-13-25(14-12-23)15-16-28-20-7-9-21(10-8-20)29-22(24)26/h5-10,17,27H,2,4,11-16H2,1,3H3,(H2,24,26)/b6-5-,19-17+. The van der Waals surface area contributed by atoms with Crippen LogP contribution in [0.4, 0.5) is 4.79 Å². The van der Waals surface area contributed by atoms with E-state index in [1.807, 2.05) is 19.1 Å². The van der Waals surface area contributed by atoms with Crippen molar-refractivity contribution in [3.63, 3.8) is 0 Å². The number of amides is 1. The van der Waals surface area contributed by atoms with Crippen molar-refractivity contribution in [1.82, 2.24) is 4.90 Å². The quantitative estimate of drug-likeness (QED) is 0.616. The van der Waals surface area contributed by atoms with Crippen LogP contribution in [0, 0.1) is 0 Å². The van der Waals surface area contributed by atoms with Crippen LogP contribution in [0.5, 0.6) is 11.5 Å². The summed E-state index contributed by atoms with van der Waals surface area (Å²) in [7, 11) is 0. The lowest BCUT2D eigenvalue weighted by Gasteiger charge is -2.39. The molecule has 2 rings (SSSR count). The summed E-state index contributed by atoms with van der Waals surface area (Å²) in [5.74, 6) is 1.09. The fraction of sp³-hybridized carbons (Fsp3) is 0.435. The number of carbonyl (C=O) groups excluding carboxylic acids is 1. The molecule has 1 fully saturated rings. The van der Waals surface area contributed by atoms with Crippen LogP contribution < -0.4 is 15.2 Å². The average Bonchev–Trinajstić information content (AvgIpc) is 2.67. The number of ether oxygens (including phenoxy) is 2. The zero-order chi connectivity index (χ0) is 21.3. The van der Waals surface area contributed by atoms with Crippen LogP contribution in [0.15, 0.2) is 60.2 Å². The maximum absolute atomic E-state index is 11.2. The van der Waals surface area contributed by atoms with Gasteiger partial charge in [-0.25, -0.2) is 4.79 Å². The van der Waals surface area contributed by atoms with Crippen LogP contribution in [0.1, 0.15) is 33.1 Å². The number of hydrogen-bond donors (Lipinski definition) is 2. The molecule has 1 aliphatic heterocycles. The van der Waals surface area contributed by atoms with Gasteiger partial charge in [-0.3, -0.25) is 4.90 Å². The summed E-state index contributed by atoms with van der Waals surface area (Å²) in [4.78, 5) is 13.0. The van der Waals surface area contributed by atoms with E-state index >= 15 is 0 Å². The van der Waals surface area contributed by atoms with E-state index in [9.17, 15) is 9.90 Å². The van der Waals surface area contributed by atoms with Crippen molar-refractivity contribution in [3.8, 4) is 11.5 Å². The predicted octanol–water partition coefficient (Wildman–Crippen LogP) is 3.82. The molecule has 0 saturated carbocycles. The first kappa shape index (κ1) is 22.7. The molecule has 1 aliphatic rings. The third-order valence-corrected chi connectivity index (χ3v) is 4.87. The number of piperidine rings is 1. The van der Waals surface area contributed by atoms with Gasteiger partial charge in [-0.1, -0.05) is 37.3 Å². The number of benzene rings is 1. The summed E-state index contributed by atoms with van der Waals surface area (Å²) in [6, 6.07) is 6.75. The average molecular weight is 401 g/mol. The molecule has 29 heavy (non-hydrogen) atoms. The molecule has 0 spiro atoms. The third-order valence-electron chi connectivity index (χ3n) is 4.87. The lowest BCUT2D eigenvalue weighted by Crippen LogP contribution is -2.46. The second-order valence-corrected chi connectivity index (χ2v) is 7.37. The van der Waals surface area contributed by atoms with Crippen molar-refractivity contribution in [2.75, 3.05) is 26.2 Å². The van der Waals surface area contributed by atoms with Crippen LogP contribution in [-0.2, 0) is 0 Å². The van der Waals surface area contributed by atoms with E-state index in [4.69, 9.17) is 15.2 Å². The lowest BCUT2D eigenvalue weighted by molar-refractivity contribution is 0.00915. The molecule has 3 N–H and O–H groups in total. The Morgan fingerprint density at radius 1 is 1.28 bits per heavy atom. The molecule has 0 aliphatic carbocycles. The number of nitrogens with zero attached hydrogens (tertiary/aromatic N) is 1. The number of hydrogen-bond acceptors (Lipinski definition) is 5. The van der Waals surface area contributed by atoms with Gasteiger partial charge in [0.1, 0.15) is 18.1 Å². The molecule has 158 valence electrons. The highest BCUT2D eigenvalue weighted by Gasteiger charge is 2.34. The summed E-state index contributed by atoms with van der Waals surface area (Å²) in [5.41, 5.74) is 6.06. The van der Waals surface area contributed by atoms with Crippen LogP contribution in [0.25, 0.3) is 0 Å². The zero-order valence-corrected chi connectivity index (χ0v) is 17.4. The lowest BCUT2D eigenvalue weighted by atomic mass is 9.83. The summed E-state index contributed by atoms with van der Waals surface area (Å²) in [6.07, 6.45) is 7.54. The number of rotatable bonds is 9. The Labute approximate surface area is 173 Å². The van der Waals surface area contributed by atoms with E-state index in [1.165, 1.54) is 0 Å². The first-order chi connectivity index (χ1) is 13.8. The van der Waals surface area contributed by atoms with E-state index in [0.29, 0.717) is 30.9 Å². The van der Waals surface area contributed by atoms with Gasteiger partial charge in [0.25, 0.3) is 0 Å². The molecule has 0 radical (unpaired) electrons. The van der Waals surface area contributed by atoms with Crippen LogP contribution >= 0.6 is 0 Å². The maximum atomic E-state index is 11.2. The summed E-state index contributed by atoms with van der Waals surface area (Å²) < 4.78 is 10.6. The van der Waals surface area contributed by atoms with E-state index in [1.54, 1.807) is 24.3 Å². The Morgan fingerprint density at radius 2 is 1.90 bits per heavy atom. The molecule has 6 heteroatoms. The van der Waals surface area contributed by atoms with Crippen LogP contribution in [0.2, 0.25) is 0 Å². The minimum atomic E-state index is -0.838. The minimum absolute atomic E-state index is 0.385. The monoisotopic (exact) mass is 400 g/mol. The molecule has 0 unspecified atom stereocenters. The number of carbonyl (C=O) groups is 1. The summed E-state index contributed by atoms with van der Waals surface area (Å²) in [5, 5.41) is 11.2. The molecule has 0 atom stereocenters. The van der Waals surface area contributed by atoms with Crippen LogP contribution in [-0.4, -0.2) is 47.9 Å². The van der Waals surface area contributed by atoms with Gasteiger partial charge in [-0.05, 0) is 56.0 Å². The van der Waals surface area contributed by atoms with Gasteiger partial charge in [0.05, 0.1) is 5.60 Å². The topological polar surface area (TPSA) is 85.0 Å². The molecule has 1 aromatic carbocycles. The number of likely N-dealkylation sites (tertiary alicyclic amines) is 1. The Morgan fingerprint density at radius 3 is 2.45 bits per heavy atom. The normalized spacial score (nSPS) is 17.3. The second-order valence-electron chi connectivity index (χ2n) is 7.37. The molecule has 1 amide bonds. The van der Waals surface area contributed by atoms with Gasteiger partial charge in [0, 0.05) is 19.6 Å². The zero-order valence-electron chi connectivity index (χ0n) is 17.4.